The number of urea groups is 1. The molecule has 1 aliphatic heterocycles. The molecular weight excluding hydrogens is 212 g/mol. The molecule has 15 heavy (non-hydrogen) atoms. The van der Waals surface area contributed by atoms with E-state index < -0.39 is 0 Å². The Morgan fingerprint density at radius 3 is 2.27 bits per heavy atom. The van der Waals surface area contributed by atoms with Crippen LogP contribution >= 0.6 is 12.2 Å². The summed E-state index contributed by atoms with van der Waals surface area (Å²) in [6, 6.07) is 0.0741. The first-order valence-electron chi connectivity index (χ1n) is 4.97. The molecule has 0 spiro atoms. The van der Waals surface area contributed by atoms with E-state index in [0.29, 0.717) is 11.5 Å². The zero-order valence-electron chi connectivity index (χ0n) is 9.27. The van der Waals surface area contributed by atoms with E-state index in [2.05, 4.69) is 4.90 Å². The highest BCUT2D eigenvalue weighted by atomic mass is 32.1. The molecule has 5 nitrogen and oxygen atoms in total. The molecule has 1 fully saturated rings. The Hall–Kier alpha value is -0.880. The number of amides is 2. The van der Waals surface area contributed by atoms with Crippen LogP contribution in [-0.4, -0.2) is 72.5 Å². The molecule has 0 unspecified atom stereocenters. The predicted molar refractivity (Wildman–Crippen MR) is 63.9 cm³/mol. The number of piperazine rings is 1. The number of nitrogens with zero attached hydrogens (tertiary/aromatic N) is 3. The molecule has 2 N–H and O–H groups in total. The molecule has 0 bridgehead atoms. The summed E-state index contributed by atoms with van der Waals surface area (Å²) in [4.78, 5) is 17.7. The maximum Gasteiger partial charge on any atom is 0.319 e. The Labute approximate surface area is 95.8 Å². The van der Waals surface area contributed by atoms with Crippen LogP contribution in [-0.2, 0) is 0 Å². The third kappa shape index (κ3) is 3.64. The zero-order valence-corrected chi connectivity index (χ0v) is 10.1. The Balaban J connectivity index is 2.35. The van der Waals surface area contributed by atoms with Crippen LogP contribution in [0.15, 0.2) is 0 Å². The van der Waals surface area contributed by atoms with Crippen molar-refractivity contribution in [2.24, 2.45) is 5.73 Å². The number of carbonyl (C=O) groups is 1. The van der Waals surface area contributed by atoms with Gasteiger partial charge in [0.1, 0.15) is 0 Å². The van der Waals surface area contributed by atoms with Crippen LogP contribution in [0.4, 0.5) is 4.79 Å². The van der Waals surface area contributed by atoms with Crippen molar-refractivity contribution in [2.75, 3.05) is 46.8 Å². The third-order valence-corrected chi connectivity index (χ3v) is 2.53. The van der Waals surface area contributed by atoms with Gasteiger partial charge in [-0.05, 0) is 0 Å². The fraction of sp³-hybridized carbons (Fsp3) is 0.778. The van der Waals surface area contributed by atoms with Crippen LogP contribution < -0.4 is 5.73 Å². The maximum absolute atomic E-state index is 11.6. The van der Waals surface area contributed by atoms with Crippen molar-refractivity contribution in [2.45, 2.75) is 0 Å². The van der Waals surface area contributed by atoms with E-state index in [0.717, 1.165) is 26.2 Å². The van der Waals surface area contributed by atoms with Gasteiger partial charge < -0.3 is 15.5 Å². The molecule has 0 aliphatic carbocycles. The molecule has 86 valence electrons. The molecule has 1 saturated heterocycles. The quantitative estimate of drug-likeness (QED) is 0.654. The number of rotatable bonds is 2. The lowest BCUT2D eigenvalue weighted by Gasteiger charge is -2.35. The summed E-state index contributed by atoms with van der Waals surface area (Å²) in [7, 11) is 3.54. The van der Waals surface area contributed by atoms with Gasteiger partial charge in [0, 0.05) is 46.8 Å². The first-order chi connectivity index (χ1) is 7.00. The molecule has 1 aliphatic rings. The standard InChI is InChI=1S/C9H18N4OS/c1-11(2)9(14)13-5-3-12(4-6-13)7-8(10)15/h3-7H2,1-2H3,(H2,10,15). The first-order valence-corrected chi connectivity index (χ1v) is 5.38. The molecule has 0 aromatic heterocycles. The molecule has 1 rings (SSSR count). The van der Waals surface area contributed by atoms with Gasteiger partial charge in [-0.25, -0.2) is 4.79 Å². The van der Waals surface area contributed by atoms with Crippen LogP contribution in [0, 0.1) is 0 Å². The van der Waals surface area contributed by atoms with Crippen LogP contribution in [0.3, 0.4) is 0 Å². The summed E-state index contributed by atoms with van der Waals surface area (Å²) in [6.07, 6.45) is 0. The third-order valence-electron chi connectivity index (χ3n) is 2.40. The summed E-state index contributed by atoms with van der Waals surface area (Å²) >= 11 is 4.85. The van der Waals surface area contributed by atoms with E-state index in [9.17, 15) is 4.79 Å². The SMILES string of the molecule is CN(C)C(=O)N1CCN(CC(N)=S)CC1. The van der Waals surface area contributed by atoms with E-state index in [1.807, 2.05) is 4.90 Å². The van der Waals surface area contributed by atoms with Crippen LogP contribution in [0.25, 0.3) is 0 Å². The average Bonchev–Trinajstić information content (AvgIpc) is 2.17. The van der Waals surface area contributed by atoms with Crippen LogP contribution in [0.2, 0.25) is 0 Å². The Morgan fingerprint density at radius 2 is 1.87 bits per heavy atom. The Kier molecular flexibility index (Phi) is 4.28. The fourth-order valence-electron chi connectivity index (χ4n) is 1.60. The highest BCUT2D eigenvalue weighted by molar-refractivity contribution is 7.80. The first kappa shape index (κ1) is 12.2. The maximum atomic E-state index is 11.6. The van der Waals surface area contributed by atoms with E-state index in [1.165, 1.54) is 0 Å². The van der Waals surface area contributed by atoms with Gasteiger partial charge in [-0.15, -0.1) is 0 Å². The summed E-state index contributed by atoms with van der Waals surface area (Å²) in [5.41, 5.74) is 5.47. The lowest BCUT2D eigenvalue weighted by Crippen LogP contribution is -2.52. The summed E-state index contributed by atoms with van der Waals surface area (Å²) in [5, 5.41) is 0. The highest BCUT2D eigenvalue weighted by Gasteiger charge is 2.21. The van der Waals surface area contributed by atoms with Gasteiger partial charge in [-0.3, -0.25) is 4.90 Å². The average molecular weight is 230 g/mol. The molecule has 0 aromatic carbocycles. The van der Waals surface area contributed by atoms with E-state index in [-0.39, 0.29) is 6.03 Å². The van der Waals surface area contributed by atoms with Gasteiger partial charge in [0.15, 0.2) is 0 Å². The van der Waals surface area contributed by atoms with Crippen molar-refractivity contribution in [3.63, 3.8) is 0 Å². The minimum absolute atomic E-state index is 0.0741. The van der Waals surface area contributed by atoms with Gasteiger partial charge in [-0.1, -0.05) is 12.2 Å². The van der Waals surface area contributed by atoms with Crippen LogP contribution in [0.1, 0.15) is 0 Å². The van der Waals surface area contributed by atoms with Gasteiger partial charge in [0.25, 0.3) is 0 Å². The summed E-state index contributed by atoms with van der Waals surface area (Å²) in [5.74, 6) is 0. The lowest BCUT2D eigenvalue weighted by molar-refractivity contribution is 0.131. The Bertz CT molecular complexity index is 248. The van der Waals surface area contributed by atoms with Crippen molar-refractivity contribution in [1.29, 1.82) is 0 Å². The summed E-state index contributed by atoms with van der Waals surface area (Å²) in [6.45, 7) is 3.84. The second kappa shape index (κ2) is 5.27. The molecule has 0 radical (unpaired) electrons. The van der Waals surface area contributed by atoms with Crippen molar-refractivity contribution in [1.82, 2.24) is 14.7 Å². The topological polar surface area (TPSA) is 52.8 Å². The van der Waals surface area contributed by atoms with Gasteiger partial charge >= 0.3 is 6.03 Å². The van der Waals surface area contributed by atoms with E-state index in [1.54, 1.807) is 19.0 Å². The number of thiocarbonyl (C=S) groups is 1. The highest BCUT2D eigenvalue weighted by Crippen LogP contribution is 2.03. The van der Waals surface area contributed by atoms with E-state index in [4.69, 9.17) is 18.0 Å². The zero-order chi connectivity index (χ0) is 11.4. The largest absolute Gasteiger partial charge is 0.392 e. The van der Waals surface area contributed by atoms with Gasteiger partial charge in [-0.2, -0.15) is 0 Å². The molecule has 2 amide bonds. The van der Waals surface area contributed by atoms with Crippen molar-refractivity contribution < 1.29 is 4.79 Å². The number of hydrogen-bond donors (Lipinski definition) is 1. The minimum atomic E-state index is 0.0741. The number of nitrogens with two attached hydrogens (primary N) is 1. The van der Waals surface area contributed by atoms with Crippen LogP contribution in [0.5, 0.6) is 0 Å². The van der Waals surface area contributed by atoms with E-state index >= 15 is 0 Å². The molecule has 0 saturated carbocycles. The number of carbonyl (C=O) groups excluding carboxylic acids is 1. The van der Waals surface area contributed by atoms with Gasteiger partial charge in [0.05, 0.1) is 4.99 Å². The predicted octanol–water partition coefficient (Wildman–Crippen LogP) is -0.428. The molecule has 0 aromatic rings. The smallest absolute Gasteiger partial charge is 0.319 e. The summed E-state index contributed by atoms with van der Waals surface area (Å²) < 4.78 is 0. The second-order valence-corrected chi connectivity index (χ2v) is 4.43. The number of hydrogen-bond acceptors (Lipinski definition) is 3. The van der Waals surface area contributed by atoms with Crippen molar-refractivity contribution in [3.8, 4) is 0 Å². The normalized spacial score (nSPS) is 17.6. The minimum Gasteiger partial charge on any atom is -0.392 e. The molecule has 0 atom stereocenters. The van der Waals surface area contributed by atoms with Crippen molar-refractivity contribution >= 4 is 23.2 Å². The molecule has 1 heterocycles. The lowest BCUT2D eigenvalue weighted by atomic mass is 10.3. The Morgan fingerprint density at radius 1 is 1.33 bits per heavy atom. The second-order valence-electron chi connectivity index (χ2n) is 3.91. The van der Waals surface area contributed by atoms with Crippen molar-refractivity contribution in [3.05, 3.63) is 0 Å². The fourth-order valence-corrected chi connectivity index (χ4v) is 1.78. The molecular formula is C9H18N4OS. The molecule has 6 heteroatoms. The van der Waals surface area contributed by atoms with Gasteiger partial charge in [0.2, 0.25) is 0 Å². The monoisotopic (exact) mass is 230 g/mol.